The van der Waals surface area contributed by atoms with Gasteiger partial charge in [0.05, 0.1) is 18.4 Å². The fraction of sp³-hybridized carbons (Fsp3) is 0.143. The number of carbonyl (C=O) groups excluding carboxylic acids is 1. The molecule has 1 atom stereocenters. The van der Waals surface area contributed by atoms with Crippen LogP contribution in [0.4, 0.5) is 14.5 Å². The number of amides is 1. The molecule has 0 spiro atoms. The molecule has 1 N–H and O–H groups in total. The van der Waals surface area contributed by atoms with Crippen molar-refractivity contribution in [3.8, 4) is 5.75 Å². The number of ether oxygens (including phenoxy) is 1. The van der Waals surface area contributed by atoms with E-state index in [0.29, 0.717) is 23.5 Å². The van der Waals surface area contributed by atoms with E-state index in [4.69, 9.17) is 4.74 Å². The van der Waals surface area contributed by atoms with Gasteiger partial charge in [0.1, 0.15) is 11.9 Å². The molecular formula is C21H17F2N3O2. The maximum absolute atomic E-state index is 13.6. The van der Waals surface area contributed by atoms with Crippen molar-refractivity contribution in [2.45, 2.75) is 12.7 Å². The molecule has 1 aliphatic rings. The summed E-state index contributed by atoms with van der Waals surface area (Å²) in [7, 11) is 1.59. The van der Waals surface area contributed by atoms with Crippen molar-refractivity contribution in [1.82, 2.24) is 9.88 Å². The van der Waals surface area contributed by atoms with Gasteiger partial charge in [0, 0.05) is 24.5 Å². The first-order chi connectivity index (χ1) is 13.6. The fourth-order valence-electron chi connectivity index (χ4n) is 3.22. The molecular weight excluding hydrogens is 364 g/mol. The minimum atomic E-state index is -0.961. The van der Waals surface area contributed by atoms with Crippen LogP contribution in [0.2, 0.25) is 0 Å². The predicted molar refractivity (Wildman–Crippen MR) is 99.8 cm³/mol. The van der Waals surface area contributed by atoms with E-state index < -0.39 is 17.8 Å². The van der Waals surface area contributed by atoms with E-state index >= 15 is 0 Å². The van der Waals surface area contributed by atoms with Gasteiger partial charge in [-0.25, -0.2) is 8.78 Å². The minimum Gasteiger partial charge on any atom is -0.497 e. The zero-order valence-electron chi connectivity index (χ0n) is 15.0. The highest BCUT2D eigenvalue weighted by Crippen LogP contribution is 2.34. The molecule has 0 fully saturated rings. The second-order valence-electron chi connectivity index (χ2n) is 6.39. The van der Waals surface area contributed by atoms with Crippen LogP contribution in [-0.2, 0) is 6.54 Å². The maximum Gasteiger partial charge on any atom is 0.258 e. The van der Waals surface area contributed by atoms with Crippen molar-refractivity contribution in [3.05, 3.63) is 89.2 Å². The fourth-order valence-corrected chi connectivity index (χ4v) is 3.22. The van der Waals surface area contributed by atoms with Crippen molar-refractivity contribution in [2.75, 3.05) is 12.4 Å². The maximum atomic E-state index is 13.6. The summed E-state index contributed by atoms with van der Waals surface area (Å²) in [4.78, 5) is 18.9. The van der Waals surface area contributed by atoms with Gasteiger partial charge < -0.3 is 15.0 Å². The SMILES string of the molecule is COc1ccc(CN2C(=O)c3cccnc3[C@H]2Nc2ccc(F)c(F)c2)cc1. The van der Waals surface area contributed by atoms with Crippen LogP contribution in [-0.4, -0.2) is 22.9 Å². The van der Waals surface area contributed by atoms with Crippen LogP contribution < -0.4 is 10.1 Å². The summed E-state index contributed by atoms with van der Waals surface area (Å²) in [5.41, 5.74) is 2.29. The molecule has 28 heavy (non-hydrogen) atoms. The third kappa shape index (κ3) is 3.26. The van der Waals surface area contributed by atoms with E-state index in [0.717, 1.165) is 23.4 Å². The molecule has 5 nitrogen and oxygen atoms in total. The summed E-state index contributed by atoms with van der Waals surface area (Å²) < 4.78 is 32.0. The summed E-state index contributed by atoms with van der Waals surface area (Å²) >= 11 is 0. The molecule has 0 bridgehead atoms. The standard InChI is InChI=1S/C21H17F2N3O2/c1-28-15-7-4-13(5-8-15)12-26-20(19-16(21(26)27)3-2-10-24-19)25-14-6-9-17(22)18(23)11-14/h2-11,20,25H,12H2,1H3/t20-/m0/s1. The number of methoxy groups -OCH3 is 1. The number of fused-ring (bicyclic) bond motifs is 1. The van der Waals surface area contributed by atoms with Crippen molar-refractivity contribution in [1.29, 1.82) is 0 Å². The highest BCUT2D eigenvalue weighted by molar-refractivity contribution is 5.98. The van der Waals surface area contributed by atoms with Gasteiger partial charge in [-0.05, 0) is 42.0 Å². The lowest BCUT2D eigenvalue weighted by molar-refractivity contribution is 0.0727. The highest BCUT2D eigenvalue weighted by atomic mass is 19.2. The number of aromatic nitrogens is 1. The van der Waals surface area contributed by atoms with E-state index in [9.17, 15) is 13.6 Å². The van der Waals surface area contributed by atoms with Crippen LogP contribution >= 0.6 is 0 Å². The Morgan fingerprint density at radius 1 is 1.11 bits per heavy atom. The van der Waals surface area contributed by atoms with Crippen molar-refractivity contribution in [3.63, 3.8) is 0 Å². The molecule has 4 rings (SSSR count). The monoisotopic (exact) mass is 381 g/mol. The number of nitrogens with one attached hydrogen (secondary N) is 1. The Kier molecular flexibility index (Phi) is 4.65. The number of pyridine rings is 1. The Bertz CT molecular complexity index is 1020. The number of benzene rings is 2. The lowest BCUT2D eigenvalue weighted by Crippen LogP contribution is -2.32. The smallest absolute Gasteiger partial charge is 0.258 e. The first-order valence-corrected chi connectivity index (χ1v) is 8.67. The van der Waals surface area contributed by atoms with Gasteiger partial charge in [-0.3, -0.25) is 9.78 Å². The van der Waals surface area contributed by atoms with Crippen LogP contribution in [0.3, 0.4) is 0 Å². The van der Waals surface area contributed by atoms with Crippen molar-refractivity contribution in [2.24, 2.45) is 0 Å². The van der Waals surface area contributed by atoms with Crippen LogP contribution in [0.5, 0.6) is 5.75 Å². The molecule has 0 radical (unpaired) electrons. The molecule has 1 aliphatic heterocycles. The van der Waals surface area contributed by atoms with Gasteiger partial charge in [0.2, 0.25) is 0 Å². The van der Waals surface area contributed by atoms with Crippen LogP contribution in [0, 0.1) is 11.6 Å². The molecule has 0 saturated carbocycles. The summed E-state index contributed by atoms with van der Waals surface area (Å²) in [6, 6.07) is 14.3. The summed E-state index contributed by atoms with van der Waals surface area (Å²) in [5.74, 6) is -1.35. The molecule has 3 aromatic rings. The summed E-state index contributed by atoms with van der Waals surface area (Å²) in [6.07, 6.45) is 0.999. The van der Waals surface area contributed by atoms with E-state index in [1.807, 2.05) is 24.3 Å². The lowest BCUT2D eigenvalue weighted by atomic mass is 10.2. The molecule has 7 heteroatoms. The summed E-state index contributed by atoms with van der Waals surface area (Å²) in [6.45, 7) is 0.320. The number of nitrogens with zero attached hydrogens (tertiary/aromatic N) is 2. The second-order valence-corrected chi connectivity index (χ2v) is 6.39. The van der Waals surface area contributed by atoms with E-state index in [1.54, 1.807) is 30.3 Å². The number of rotatable bonds is 5. The quantitative estimate of drug-likeness (QED) is 0.722. The number of hydrogen-bond donors (Lipinski definition) is 1. The number of hydrogen-bond acceptors (Lipinski definition) is 4. The first-order valence-electron chi connectivity index (χ1n) is 8.67. The van der Waals surface area contributed by atoms with Gasteiger partial charge in [-0.1, -0.05) is 12.1 Å². The Hall–Kier alpha value is -3.48. The Labute approximate surface area is 160 Å². The lowest BCUT2D eigenvalue weighted by Gasteiger charge is -2.26. The first kappa shape index (κ1) is 17.9. The van der Waals surface area contributed by atoms with Gasteiger partial charge in [0.25, 0.3) is 5.91 Å². The molecule has 2 aromatic carbocycles. The largest absolute Gasteiger partial charge is 0.497 e. The topological polar surface area (TPSA) is 54.5 Å². The minimum absolute atomic E-state index is 0.181. The van der Waals surface area contributed by atoms with Gasteiger partial charge in [-0.15, -0.1) is 0 Å². The molecule has 0 aliphatic carbocycles. The number of carbonyl (C=O) groups is 1. The second kappa shape index (κ2) is 7.26. The highest BCUT2D eigenvalue weighted by Gasteiger charge is 2.37. The van der Waals surface area contributed by atoms with Gasteiger partial charge in [-0.2, -0.15) is 0 Å². The third-order valence-electron chi connectivity index (χ3n) is 4.64. The van der Waals surface area contributed by atoms with E-state index in [1.165, 1.54) is 6.07 Å². The van der Waals surface area contributed by atoms with Crippen LogP contribution in [0.15, 0.2) is 60.8 Å². The zero-order chi connectivity index (χ0) is 19.7. The van der Waals surface area contributed by atoms with E-state index in [2.05, 4.69) is 10.3 Å². The predicted octanol–water partition coefficient (Wildman–Crippen LogP) is 4.14. The van der Waals surface area contributed by atoms with Crippen molar-refractivity contribution >= 4 is 11.6 Å². The van der Waals surface area contributed by atoms with Gasteiger partial charge >= 0.3 is 0 Å². The zero-order valence-corrected chi connectivity index (χ0v) is 15.0. The van der Waals surface area contributed by atoms with Crippen molar-refractivity contribution < 1.29 is 18.3 Å². The van der Waals surface area contributed by atoms with E-state index in [-0.39, 0.29) is 5.91 Å². The Balaban J connectivity index is 1.66. The third-order valence-corrected chi connectivity index (χ3v) is 4.64. The average Bonchev–Trinajstić information content (AvgIpc) is 2.97. The average molecular weight is 381 g/mol. The number of halogens is 2. The normalized spacial score (nSPS) is 15.5. The molecule has 0 unspecified atom stereocenters. The Morgan fingerprint density at radius 3 is 2.61 bits per heavy atom. The number of anilines is 1. The Morgan fingerprint density at radius 2 is 1.89 bits per heavy atom. The van der Waals surface area contributed by atoms with Crippen LogP contribution in [0.25, 0.3) is 0 Å². The summed E-state index contributed by atoms with van der Waals surface area (Å²) in [5, 5.41) is 3.10. The molecule has 1 aromatic heterocycles. The molecule has 142 valence electrons. The van der Waals surface area contributed by atoms with Gasteiger partial charge in [0.15, 0.2) is 11.6 Å². The molecule has 2 heterocycles. The molecule has 0 saturated heterocycles. The van der Waals surface area contributed by atoms with Crippen LogP contribution in [0.1, 0.15) is 27.8 Å². The molecule has 1 amide bonds.